The quantitative estimate of drug-likeness (QED) is 0.642. The normalized spacial score (nSPS) is 57.9. The van der Waals surface area contributed by atoms with Crippen molar-refractivity contribution in [2.45, 2.75) is 71.3 Å². The van der Waals surface area contributed by atoms with Gasteiger partial charge in [-0.15, -0.1) is 0 Å². The smallest absolute Gasteiger partial charge is 0.0543 e. The van der Waals surface area contributed by atoms with Crippen molar-refractivity contribution in [2.75, 3.05) is 0 Å². The zero-order valence-corrected chi connectivity index (χ0v) is 13.1. The van der Waals surface area contributed by atoms with Crippen LogP contribution in [0.5, 0.6) is 0 Å². The summed E-state index contributed by atoms with van der Waals surface area (Å²) in [6, 6.07) is 0. The second kappa shape index (κ2) is 4.35. The molecular formula is C19H30O. The lowest BCUT2D eigenvalue weighted by Crippen LogP contribution is -2.53. The number of hydrogen-bond acceptors (Lipinski definition) is 1. The lowest BCUT2D eigenvalue weighted by molar-refractivity contribution is -0.116. The molecule has 4 aliphatic rings. The largest absolute Gasteiger partial charge is 0.393 e. The highest BCUT2D eigenvalue weighted by Gasteiger charge is 2.56. The van der Waals surface area contributed by atoms with Crippen molar-refractivity contribution < 1.29 is 5.11 Å². The van der Waals surface area contributed by atoms with E-state index in [4.69, 9.17) is 0 Å². The second-order valence-electron chi connectivity index (χ2n) is 8.77. The van der Waals surface area contributed by atoms with E-state index in [0.29, 0.717) is 10.8 Å². The van der Waals surface area contributed by atoms with Crippen LogP contribution in [0.4, 0.5) is 0 Å². The minimum atomic E-state index is -0.00775. The summed E-state index contributed by atoms with van der Waals surface area (Å²) in [4.78, 5) is 0. The Hall–Kier alpha value is -0.300. The monoisotopic (exact) mass is 274 g/mol. The van der Waals surface area contributed by atoms with Crippen LogP contribution in [0.1, 0.15) is 65.2 Å². The first-order valence-corrected chi connectivity index (χ1v) is 8.89. The van der Waals surface area contributed by atoms with Gasteiger partial charge in [-0.05, 0) is 85.9 Å². The molecule has 112 valence electrons. The third-order valence-electron chi connectivity index (χ3n) is 7.96. The van der Waals surface area contributed by atoms with Crippen LogP contribution in [0.15, 0.2) is 12.2 Å². The summed E-state index contributed by atoms with van der Waals surface area (Å²) < 4.78 is 0. The molecule has 0 spiro atoms. The topological polar surface area (TPSA) is 20.2 Å². The molecule has 1 N–H and O–H groups in total. The summed E-state index contributed by atoms with van der Waals surface area (Å²) in [6.45, 7) is 5.09. The lowest BCUT2D eigenvalue weighted by Gasteiger charge is -2.60. The van der Waals surface area contributed by atoms with Crippen molar-refractivity contribution in [3.05, 3.63) is 12.2 Å². The van der Waals surface area contributed by atoms with E-state index in [1.54, 1.807) is 0 Å². The third-order valence-corrected chi connectivity index (χ3v) is 7.96. The van der Waals surface area contributed by atoms with Gasteiger partial charge in [-0.25, -0.2) is 0 Å². The molecule has 4 aliphatic carbocycles. The molecule has 0 amide bonds. The summed E-state index contributed by atoms with van der Waals surface area (Å²) in [5.41, 5.74) is 1.05. The van der Waals surface area contributed by atoms with Gasteiger partial charge < -0.3 is 5.11 Å². The first-order chi connectivity index (χ1) is 9.53. The molecule has 1 heteroatoms. The Morgan fingerprint density at radius 1 is 1.00 bits per heavy atom. The van der Waals surface area contributed by atoms with Gasteiger partial charge in [0.05, 0.1) is 6.10 Å². The Morgan fingerprint density at radius 3 is 2.70 bits per heavy atom. The van der Waals surface area contributed by atoms with Crippen LogP contribution in [-0.4, -0.2) is 11.2 Å². The van der Waals surface area contributed by atoms with Gasteiger partial charge in [-0.1, -0.05) is 26.0 Å². The van der Waals surface area contributed by atoms with E-state index in [1.807, 2.05) is 0 Å². The van der Waals surface area contributed by atoms with Crippen LogP contribution in [0.2, 0.25) is 0 Å². The summed E-state index contributed by atoms with van der Waals surface area (Å²) in [7, 11) is 0. The molecule has 4 rings (SSSR count). The molecule has 0 aromatic carbocycles. The van der Waals surface area contributed by atoms with Crippen molar-refractivity contribution in [3.8, 4) is 0 Å². The first-order valence-electron chi connectivity index (χ1n) is 8.89. The van der Waals surface area contributed by atoms with Crippen molar-refractivity contribution in [3.63, 3.8) is 0 Å². The van der Waals surface area contributed by atoms with Gasteiger partial charge in [0, 0.05) is 0 Å². The molecule has 1 nitrogen and oxygen atoms in total. The minimum absolute atomic E-state index is 0.00775. The minimum Gasteiger partial charge on any atom is -0.393 e. The number of aliphatic hydroxyl groups excluding tert-OH is 1. The molecule has 0 aromatic heterocycles. The maximum Gasteiger partial charge on any atom is 0.0543 e. The van der Waals surface area contributed by atoms with Gasteiger partial charge in [0.1, 0.15) is 0 Å². The molecule has 0 radical (unpaired) electrons. The van der Waals surface area contributed by atoms with Gasteiger partial charge in [0.2, 0.25) is 0 Å². The molecule has 0 unspecified atom stereocenters. The summed E-state index contributed by atoms with van der Waals surface area (Å²) >= 11 is 0. The predicted molar refractivity (Wildman–Crippen MR) is 82.3 cm³/mol. The van der Waals surface area contributed by atoms with Gasteiger partial charge in [-0.3, -0.25) is 0 Å². The molecule has 20 heavy (non-hydrogen) atoms. The van der Waals surface area contributed by atoms with Crippen LogP contribution in [0.25, 0.3) is 0 Å². The zero-order valence-electron chi connectivity index (χ0n) is 13.1. The number of hydrogen-bond donors (Lipinski definition) is 1. The highest BCUT2D eigenvalue weighted by Crippen LogP contribution is 2.64. The number of allylic oxidation sites excluding steroid dienone is 2. The lowest BCUT2D eigenvalue weighted by atomic mass is 9.45. The van der Waals surface area contributed by atoms with Crippen molar-refractivity contribution >= 4 is 0 Å². The van der Waals surface area contributed by atoms with E-state index in [9.17, 15) is 5.11 Å². The molecule has 0 saturated heterocycles. The highest BCUT2D eigenvalue weighted by molar-refractivity contribution is 5.16. The number of rotatable bonds is 0. The summed E-state index contributed by atoms with van der Waals surface area (Å²) in [6.07, 6.45) is 15.4. The van der Waals surface area contributed by atoms with Crippen LogP contribution in [0.3, 0.4) is 0 Å². The average Bonchev–Trinajstić information content (AvgIpc) is 2.81. The summed E-state index contributed by atoms with van der Waals surface area (Å²) in [5.74, 6) is 3.61. The molecule has 0 bridgehead atoms. The molecule has 7 atom stereocenters. The fraction of sp³-hybridized carbons (Fsp3) is 0.895. The fourth-order valence-corrected chi connectivity index (χ4v) is 6.72. The van der Waals surface area contributed by atoms with Gasteiger partial charge in [0.25, 0.3) is 0 Å². The molecular weight excluding hydrogens is 244 g/mol. The van der Waals surface area contributed by atoms with Gasteiger partial charge in [-0.2, -0.15) is 0 Å². The van der Waals surface area contributed by atoms with Gasteiger partial charge in [0.15, 0.2) is 0 Å². The Labute approximate surface area is 123 Å². The van der Waals surface area contributed by atoms with Crippen molar-refractivity contribution in [1.82, 2.24) is 0 Å². The predicted octanol–water partition coefficient (Wildman–Crippen LogP) is 4.56. The summed E-state index contributed by atoms with van der Waals surface area (Å²) in [5, 5.41) is 10.0. The Bertz CT molecular complexity index is 427. The molecule has 0 aromatic rings. The molecule has 3 fully saturated rings. The van der Waals surface area contributed by atoms with Crippen molar-refractivity contribution in [2.24, 2.45) is 34.5 Å². The standard InChI is InChI=1S/C19H30O/c1-18-9-3-4-16(18)15-6-5-13-12-14(20)7-11-19(13,2)17(15)8-10-18/h3,9,13-17,20H,4-8,10-12H2,1-2H3/t13-,14-,15-,16+,17+,18-,19-/m0/s1. The SMILES string of the molecule is C[C@]12CC[C@H](O)C[C@@H]1CC[C@@H]1[C@H]2CC[C@]2(C)C=CC[C@H]12. The van der Waals surface area contributed by atoms with E-state index < -0.39 is 0 Å². The second-order valence-corrected chi connectivity index (χ2v) is 8.77. The maximum atomic E-state index is 10.0. The number of fused-ring (bicyclic) bond motifs is 5. The third kappa shape index (κ3) is 1.71. The van der Waals surface area contributed by atoms with Crippen LogP contribution in [-0.2, 0) is 0 Å². The maximum absolute atomic E-state index is 10.0. The highest BCUT2D eigenvalue weighted by atomic mass is 16.3. The van der Waals surface area contributed by atoms with E-state index in [0.717, 1.165) is 36.5 Å². The Balaban J connectivity index is 1.63. The molecule has 0 heterocycles. The van der Waals surface area contributed by atoms with E-state index in [2.05, 4.69) is 26.0 Å². The van der Waals surface area contributed by atoms with Crippen molar-refractivity contribution in [1.29, 1.82) is 0 Å². The fourth-order valence-electron chi connectivity index (χ4n) is 6.72. The molecule has 0 aliphatic heterocycles. The zero-order chi connectivity index (χ0) is 14.0. The first kappa shape index (κ1) is 13.4. The van der Waals surface area contributed by atoms with E-state index >= 15 is 0 Å². The van der Waals surface area contributed by atoms with Crippen LogP contribution in [0, 0.1) is 34.5 Å². The Kier molecular flexibility index (Phi) is 2.91. The molecule has 3 saturated carbocycles. The van der Waals surface area contributed by atoms with E-state index in [-0.39, 0.29) is 6.10 Å². The van der Waals surface area contributed by atoms with Crippen LogP contribution >= 0.6 is 0 Å². The van der Waals surface area contributed by atoms with E-state index in [1.165, 1.54) is 38.5 Å². The number of aliphatic hydroxyl groups is 1. The Morgan fingerprint density at radius 2 is 1.85 bits per heavy atom. The average molecular weight is 274 g/mol. The van der Waals surface area contributed by atoms with Crippen LogP contribution < -0.4 is 0 Å². The van der Waals surface area contributed by atoms with Gasteiger partial charge >= 0.3 is 0 Å².